The van der Waals surface area contributed by atoms with Crippen LogP contribution in [0.5, 0.6) is 0 Å². The Hall–Kier alpha value is -1.46. The highest BCUT2D eigenvalue weighted by Crippen LogP contribution is 2.36. The number of benzene rings is 1. The van der Waals surface area contributed by atoms with E-state index in [0.29, 0.717) is 32.5 Å². The molecular formula is C14H17FO4. The summed E-state index contributed by atoms with van der Waals surface area (Å²) < 4.78 is 28.9. The van der Waals surface area contributed by atoms with Gasteiger partial charge in [0.05, 0.1) is 20.3 Å². The van der Waals surface area contributed by atoms with Gasteiger partial charge in [-0.1, -0.05) is 12.1 Å². The summed E-state index contributed by atoms with van der Waals surface area (Å²) >= 11 is 0. The minimum Gasteiger partial charge on any atom is -0.469 e. The van der Waals surface area contributed by atoms with Crippen molar-refractivity contribution in [1.29, 1.82) is 0 Å². The molecule has 104 valence electrons. The SMILES string of the molecule is COC(=O)CCCC1(c2ccc(F)cc2)OCCO1. The molecule has 2 rings (SSSR count). The van der Waals surface area contributed by atoms with Gasteiger partial charge in [-0.15, -0.1) is 0 Å². The van der Waals surface area contributed by atoms with Gasteiger partial charge in [0, 0.05) is 18.4 Å². The summed E-state index contributed by atoms with van der Waals surface area (Å²) in [6, 6.07) is 6.06. The Kier molecular flexibility index (Phi) is 4.50. The quantitative estimate of drug-likeness (QED) is 0.769. The molecule has 0 unspecified atom stereocenters. The zero-order valence-electron chi connectivity index (χ0n) is 10.9. The molecule has 0 spiro atoms. The van der Waals surface area contributed by atoms with Crippen molar-refractivity contribution in [3.63, 3.8) is 0 Å². The molecule has 5 heteroatoms. The molecule has 0 bridgehead atoms. The van der Waals surface area contributed by atoms with Gasteiger partial charge in [0.2, 0.25) is 0 Å². The Balaban J connectivity index is 2.05. The lowest BCUT2D eigenvalue weighted by molar-refractivity contribution is -0.172. The predicted octanol–water partition coefficient (Wildman–Crippen LogP) is 2.37. The second-order valence-electron chi connectivity index (χ2n) is 4.39. The van der Waals surface area contributed by atoms with Gasteiger partial charge in [-0.3, -0.25) is 4.79 Å². The van der Waals surface area contributed by atoms with E-state index in [1.165, 1.54) is 19.2 Å². The second-order valence-corrected chi connectivity index (χ2v) is 4.39. The zero-order valence-corrected chi connectivity index (χ0v) is 10.9. The lowest BCUT2D eigenvalue weighted by Gasteiger charge is -2.27. The molecule has 0 N–H and O–H groups in total. The molecule has 0 saturated carbocycles. The molecule has 1 aliphatic rings. The van der Waals surface area contributed by atoms with Gasteiger partial charge in [0.15, 0.2) is 5.79 Å². The maximum absolute atomic E-state index is 13.0. The number of hydrogen-bond acceptors (Lipinski definition) is 4. The number of methoxy groups -OCH3 is 1. The van der Waals surface area contributed by atoms with Crippen LogP contribution in [0.2, 0.25) is 0 Å². The van der Waals surface area contributed by atoms with E-state index in [1.54, 1.807) is 12.1 Å². The van der Waals surface area contributed by atoms with Crippen LogP contribution in [0.4, 0.5) is 4.39 Å². The number of hydrogen-bond donors (Lipinski definition) is 0. The molecule has 0 amide bonds. The summed E-state index contributed by atoms with van der Waals surface area (Å²) in [5.41, 5.74) is 0.774. The van der Waals surface area contributed by atoms with E-state index in [0.717, 1.165) is 5.56 Å². The topological polar surface area (TPSA) is 44.8 Å². The summed E-state index contributed by atoms with van der Waals surface area (Å²) in [4.78, 5) is 11.1. The van der Waals surface area contributed by atoms with E-state index in [9.17, 15) is 9.18 Å². The van der Waals surface area contributed by atoms with Crippen LogP contribution in [0.3, 0.4) is 0 Å². The van der Waals surface area contributed by atoms with Gasteiger partial charge < -0.3 is 14.2 Å². The average Bonchev–Trinajstić information content (AvgIpc) is 2.89. The molecular weight excluding hydrogens is 251 g/mol. The highest BCUT2D eigenvalue weighted by Gasteiger charge is 2.38. The van der Waals surface area contributed by atoms with Crippen LogP contribution in [-0.4, -0.2) is 26.3 Å². The molecule has 1 aromatic carbocycles. The van der Waals surface area contributed by atoms with E-state index in [4.69, 9.17) is 9.47 Å². The van der Waals surface area contributed by atoms with Gasteiger partial charge in [0.25, 0.3) is 0 Å². The molecule has 1 aliphatic heterocycles. The van der Waals surface area contributed by atoms with Crippen LogP contribution in [0.25, 0.3) is 0 Å². The van der Waals surface area contributed by atoms with E-state index in [-0.39, 0.29) is 11.8 Å². The van der Waals surface area contributed by atoms with Crippen molar-refractivity contribution in [2.75, 3.05) is 20.3 Å². The first-order chi connectivity index (χ1) is 9.16. The fourth-order valence-electron chi connectivity index (χ4n) is 2.18. The minimum absolute atomic E-state index is 0.257. The number of carbonyl (C=O) groups excluding carboxylic acids is 1. The Morgan fingerprint density at radius 3 is 2.53 bits per heavy atom. The van der Waals surface area contributed by atoms with Crippen LogP contribution < -0.4 is 0 Å². The molecule has 0 aromatic heterocycles. The summed E-state index contributed by atoms with van der Waals surface area (Å²) in [5.74, 6) is -1.42. The number of carbonyl (C=O) groups is 1. The van der Waals surface area contributed by atoms with Gasteiger partial charge in [0.1, 0.15) is 5.82 Å². The summed E-state index contributed by atoms with van der Waals surface area (Å²) in [6.07, 6.45) is 1.43. The number of esters is 1. The average molecular weight is 268 g/mol. The van der Waals surface area contributed by atoms with E-state index in [2.05, 4.69) is 4.74 Å². The van der Waals surface area contributed by atoms with Crippen molar-refractivity contribution in [2.24, 2.45) is 0 Å². The summed E-state index contributed by atoms with van der Waals surface area (Å²) in [5, 5.41) is 0. The van der Waals surface area contributed by atoms with Crippen molar-refractivity contribution in [3.8, 4) is 0 Å². The summed E-state index contributed by atoms with van der Waals surface area (Å²) in [7, 11) is 1.36. The third-order valence-corrected chi connectivity index (χ3v) is 3.15. The van der Waals surface area contributed by atoms with Crippen LogP contribution in [-0.2, 0) is 24.8 Å². The van der Waals surface area contributed by atoms with Gasteiger partial charge in [-0.25, -0.2) is 4.39 Å². The lowest BCUT2D eigenvalue weighted by atomic mass is 9.99. The van der Waals surface area contributed by atoms with Crippen LogP contribution in [0.15, 0.2) is 24.3 Å². The van der Waals surface area contributed by atoms with E-state index >= 15 is 0 Å². The first-order valence-corrected chi connectivity index (χ1v) is 6.27. The monoisotopic (exact) mass is 268 g/mol. The Bertz CT molecular complexity index is 424. The van der Waals surface area contributed by atoms with Gasteiger partial charge in [-0.05, 0) is 18.6 Å². The zero-order chi connectivity index (χ0) is 13.7. The number of halogens is 1. The lowest BCUT2D eigenvalue weighted by Crippen LogP contribution is -2.27. The van der Waals surface area contributed by atoms with Gasteiger partial charge in [-0.2, -0.15) is 0 Å². The third kappa shape index (κ3) is 3.30. The molecule has 1 aromatic rings. The molecule has 0 aliphatic carbocycles. The van der Waals surface area contributed by atoms with Crippen molar-refractivity contribution < 1.29 is 23.4 Å². The molecule has 1 saturated heterocycles. The van der Waals surface area contributed by atoms with Crippen molar-refractivity contribution in [1.82, 2.24) is 0 Å². The minimum atomic E-state index is -0.859. The number of rotatable bonds is 5. The molecule has 4 nitrogen and oxygen atoms in total. The Labute approximate surface area is 111 Å². The summed E-state index contributed by atoms with van der Waals surface area (Å²) in [6.45, 7) is 0.991. The number of ether oxygens (including phenoxy) is 3. The smallest absolute Gasteiger partial charge is 0.305 e. The molecule has 19 heavy (non-hydrogen) atoms. The second kappa shape index (κ2) is 6.12. The van der Waals surface area contributed by atoms with Crippen molar-refractivity contribution in [3.05, 3.63) is 35.6 Å². The third-order valence-electron chi connectivity index (χ3n) is 3.15. The fraction of sp³-hybridized carbons (Fsp3) is 0.500. The standard InChI is InChI=1S/C14H17FO4/c1-17-13(16)3-2-8-14(18-9-10-19-14)11-4-6-12(15)7-5-11/h4-7H,2-3,8-10H2,1H3. The largest absolute Gasteiger partial charge is 0.469 e. The van der Waals surface area contributed by atoms with Crippen molar-refractivity contribution in [2.45, 2.75) is 25.0 Å². The molecule has 0 radical (unpaired) electrons. The van der Waals surface area contributed by atoms with Crippen molar-refractivity contribution >= 4 is 5.97 Å². The van der Waals surface area contributed by atoms with E-state index < -0.39 is 5.79 Å². The first kappa shape index (κ1) is 14.0. The molecule has 1 fully saturated rings. The normalized spacial score (nSPS) is 17.4. The van der Waals surface area contributed by atoms with Crippen LogP contribution >= 0.6 is 0 Å². The maximum atomic E-state index is 13.0. The predicted molar refractivity (Wildman–Crippen MR) is 65.8 cm³/mol. The Morgan fingerprint density at radius 1 is 1.32 bits per heavy atom. The van der Waals surface area contributed by atoms with Crippen LogP contribution in [0.1, 0.15) is 24.8 Å². The highest BCUT2D eigenvalue weighted by atomic mass is 19.1. The Morgan fingerprint density at radius 2 is 1.95 bits per heavy atom. The van der Waals surface area contributed by atoms with E-state index in [1.807, 2.05) is 0 Å². The van der Waals surface area contributed by atoms with Gasteiger partial charge >= 0.3 is 5.97 Å². The maximum Gasteiger partial charge on any atom is 0.305 e. The fourth-order valence-corrected chi connectivity index (χ4v) is 2.18. The first-order valence-electron chi connectivity index (χ1n) is 6.27. The highest BCUT2D eigenvalue weighted by molar-refractivity contribution is 5.69. The molecule has 1 heterocycles. The molecule has 0 atom stereocenters. The van der Waals surface area contributed by atoms with Crippen LogP contribution in [0, 0.1) is 5.82 Å².